The number of nitrogens with one attached hydrogen (secondary N) is 1. The summed E-state index contributed by atoms with van der Waals surface area (Å²) in [5.74, 6) is 1.56. The highest BCUT2D eigenvalue weighted by Gasteiger charge is 2.12. The second kappa shape index (κ2) is 7.71. The number of hydrogen-bond acceptors (Lipinski definition) is 2. The lowest BCUT2D eigenvalue weighted by Crippen LogP contribution is -2.23. The highest BCUT2D eigenvalue weighted by atomic mass is 16.5. The van der Waals surface area contributed by atoms with E-state index >= 15 is 0 Å². The fourth-order valence-electron chi connectivity index (χ4n) is 2.64. The number of ether oxygens (including phenoxy) is 1. The first-order valence-electron chi connectivity index (χ1n) is 7.14. The maximum atomic E-state index is 5.45. The van der Waals surface area contributed by atoms with Gasteiger partial charge in [0.2, 0.25) is 0 Å². The maximum Gasteiger partial charge on any atom is 0.122 e. The molecule has 20 heavy (non-hydrogen) atoms. The first kappa shape index (κ1) is 14.6. The molecule has 0 saturated carbocycles. The predicted octanol–water partition coefficient (Wildman–Crippen LogP) is 3.32. The molecule has 1 unspecified atom stereocenters. The van der Waals surface area contributed by atoms with Gasteiger partial charge in [-0.15, -0.1) is 0 Å². The van der Waals surface area contributed by atoms with E-state index in [1.54, 1.807) is 7.11 Å². The summed E-state index contributed by atoms with van der Waals surface area (Å²) in [6.45, 7) is 1.01. The minimum atomic E-state index is 0.568. The van der Waals surface area contributed by atoms with Gasteiger partial charge < -0.3 is 10.1 Å². The van der Waals surface area contributed by atoms with Gasteiger partial charge in [0.25, 0.3) is 0 Å². The van der Waals surface area contributed by atoms with Crippen LogP contribution in [0.2, 0.25) is 0 Å². The summed E-state index contributed by atoms with van der Waals surface area (Å²) in [4.78, 5) is 0. The molecule has 1 atom stereocenters. The molecule has 0 saturated heterocycles. The Morgan fingerprint density at radius 1 is 0.950 bits per heavy atom. The van der Waals surface area contributed by atoms with Gasteiger partial charge in [0.05, 0.1) is 7.11 Å². The number of rotatable bonds is 7. The van der Waals surface area contributed by atoms with Crippen molar-refractivity contribution < 1.29 is 4.74 Å². The van der Waals surface area contributed by atoms with Crippen molar-refractivity contribution in [2.24, 2.45) is 5.92 Å². The SMILES string of the molecule is CNCC(Cc1ccccc1)Cc1ccccc1OC. The molecule has 2 nitrogen and oxygen atoms in total. The second-order valence-corrected chi connectivity index (χ2v) is 5.13. The topological polar surface area (TPSA) is 21.3 Å². The van der Waals surface area contributed by atoms with Crippen LogP contribution in [0.4, 0.5) is 0 Å². The number of para-hydroxylation sites is 1. The smallest absolute Gasteiger partial charge is 0.122 e. The summed E-state index contributed by atoms with van der Waals surface area (Å²) in [5.41, 5.74) is 2.67. The summed E-state index contributed by atoms with van der Waals surface area (Å²) >= 11 is 0. The molecule has 2 aromatic carbocycles. The third-order valence-corrected chi connectivity index (χ3v) is 3.56. The molecule has 2 aromatic rings. The van der Waals surface area contributed by atoms with Crippen molar-refractivity contribution in [2.45, 2.75) is 12.8 Å². The fraction of sp³-hybridized carbons (Fsp3) is 0.333. The van der Waals surface area contributed by atoms with E-state index in [1.807, 2.05) is 19.2 Å². The van der Waals surface area contributed by atoms with E-state index in [9.17, 15) is 0 Å². The Hall–Kier alpha value is -1.80. The van der Waals surface area contributed by atoms with Gasteiger partial charge in [-0.3, -0.25) is 0 Å². The van der Waals surface area contributed by atoms with Gasteiger partial charge >= 0.3 is 0 Å². The van der Waals surface area contributed by atoms with E-state index in [-0.39, 0.29) is 0 Å². The first-order chi connectivity index (χ1) is 9.83. The average molecular weight is 269 g/mol. The van der Waals surface area contributed by atoms with Crippen LogP contribution in [-0.4, -0.2) is 20.7 Å². The lowest BCUT2D eigenvalue weighted by Gasteiger charge is -2.18. The van der Waals surface area contributed by atoms with Crippen LogP contribution in [0.3, 0.4) is 0 Å². The summed E-state index contributed by atoms with van der Waals surface area (Å²) in [7, 11) is 3.75. The Morgan fingerprint density at radius 3 is 2.35 bits per heavy atom. The minimum absolute atomic E-state index is 0.568. The first-order valence-corrected chi connectivity index (χ1v) is 7.14. The van der Waals surface area contributed by atoms with Gasteiger partial charge in [0.15, 0.2) is 0 Å². The standard InChI is InChI=1S/C18H23NO/c1-19-14-16(12-15-8-4-3-5-9-15)13-17-10-6-7-11-18(17)20-2/h3-11,16,19H,12-14H2,1-2H3. The molecule has 0 heterocycles. The lowest BCUT2D eigenvalue weighted by molar-refractivity contribution is 0.402. The molecule has 0 aliphatic carbocycles. The number of hydrogen-bond donors (Lipinski definition) is 1. The van der Waals surface area contributed by atoms with Crippen molar-refractivity contribution in [3.8, 4) is 5.75 Å². The maximum absolute atomic E-state index is 5.45. The van der Waals surface area contributed by atoms with Crippen LogP contribution in [0.25, 0.3) is 0 Å². The third kappa shape index (κ3) is 4.10. The molecule has 106 valence electrons. The molecule has 0 aliphatic heterocycles. The van der Waals surface area contributed by atoms with Crippen LogP contribution in [0.15, 0.2) is 54.6 Å². The fourth-order valence-corrected chi connectivity index (χ4v) is 2.64. The van der Waals surface area contributed by atoms with Gasteiger partial charge in [-0.1, -0.05) is 48.5 Å². The third-order valence-electron chi connectivity index (χ3n) is 3.56. The predicted molar refractivity (Wildman–Crippen MR) is 84.3 cm³/mol. The molecule has 0 radical (unpaired) electrons. The van der Waals surface area contributed by atoms with E-state index in [0.29, 0.717) is 5.92 Å². The van der Waals surface area contributed by atoms with E-state index in [0.717, 1.165) is 25.1 Å². The highest BCUT2D eigenvalue weighted by molar-refractivity contribution is 5.33. The average Bonchev–Trinajstić information content (AvgIpc) is 2.49. The number of methoxy groups -OCH3 is 1. The molecule has 0 spiro atoms. The normalized spacial score (nSPS) is 12.1. The zero-order valence-corrected chi connectivity index (χ0v) is 12.3. The Kier molecular flexibility index (Phi) is 5.63. The van der Waals surface area contributed by atoms with Gasteiger partial charge in [-0.2, -0.15) is 0 Å². The Labute approximate surface area is 121 Å². The van der Waals surface area contributed by atoms with Crippen LogP contribution >= 0.6 is 0 Å². The summed E-state index contributed by atoms with van der Waals surface area (Å²) < 4.78 is 5.45. The molecular formula is C18H23NO. The van der Waals surface area contributed by atoms with E-state index < -0.39 is 0 Å². The molecule has 1 N–H and O–H groups in total. The molecule has 0 amide bonds. The molecule has 2 rings (SSSR count). The Balaban J connectivity index is 2.09. The second-order valence-electron chi connectivity index (χ2n) is 5.13. The molecule has 0 fully saturated rings. The molecule has 0 aromatic heterocycles. The molecule has 0 aliphatic rings. The van der Waals surface area contributed by atoms with Gasteiger partial charge in [0.1, 0.15) is 5.75 Å². The van der Waals surface area contributed by atoms with Gasteiger partial charge in [-0.25, -0.2) is 0 Å². The molecular weight excluding hydrogens is 246 g/mol. The van der Waals surface area contributed by atoms with Crippen LogP contribution in [0.5, 0.6) is 5.75 Å². The van der Waals surface area contributed by atoms with Crippen molar-refractivity contribution in [3.05, 3.63) is 65.7 Å². The van der Waals surface area contributed by atoms with E-state index in [4.69, 9.17) is 4.74 Å². The van der Waals surface area contributed by atoms with E-state index in [2.05, 4.69) is 47.8 Å². The zero-order valence-electron chi connectivity index (χ0n) is 12.3. The summed E-state index contributed by atoms with van der Waals surface area (Å²) in [6.07, 6.45) is 2.11. The van der Waals surface area contributed by atoms with Crippen molar-refractivity contribution >= 4 is 0 Å². The lowest BCUT2D eigenvalue weighted by atomic mass is 9.92. The molecule has 0 bridgehead atoms. The highest BCUT2D eigenvalue weighted by Crippen LogP contribution is 2.22. The molecule has 2 heteroatoms. The van der Waals surface area contributed by atoms with Gasteiger partial charge in [-0.05, 0) is 49.5 Å². The van der Waals surface area contributed by atoms with Gasteiger partial charge in [0, 0.05) is 0 Å². The van der Waals surface area contributed by atoms with Crippen LogP contribution < -0.4 is 10.1 Å². The van der Waals surface area contributed by atoms with Crippen molar-refractivity contribution in [2.75, 3.05) is 20.7 Å². The van der Waals surface area contributed by atoms with Crippen LogP contribution in [0.1, 0.15) is 11.1 Å². The summed E-state index contributed by atoms with van der Waals surface area (Å²) in [6, 6.07) is 19.0. The van der Waals surface area contributed by atoms with Crippen LogP contribution in [-0.2, 0) is 12.8 Å². The van der Waals surface area contributed by atoms with Crippen molar-refractivity contribution in [3.63, 3.8) is 0 Å². The van der Waals surface area contributed by atoms with Crippen molar-refractivity contribution in [1.29, 1.82) is 0 Å². The number of benzene rings is 2. The Morgan fingerprint density at radius 2 is 1.65 bits per heavy atom. The van der Waals surface area contributed by atoms with Crippen molar-refractivity contribution in [1.82, 2.24) is 5.32 Å². The largest absolute Gasteiger partial charge is 0.496 e. The Bertz CT molecular complexity index is 510. The summed E-state index contributed by atoms with van der Waals surface area (Å²) in [5, 5.41) is 3.30. The quantitative estimate of drug-likeness (QED) is 0.832. The van der Waals surface area contributed by atoms with Crippen LogP contribution in [0, 0.1) is 5.92 Å². The minimum Gasteiger partial charge on any atom is -0.496 e. The monoisotopic (exact) mass is 269 g/mol. The zero-order chi connectivity index (χ0) is 14.2. The van der Waals surface area contributed by atoms with E-state index in [1.165, 1.54) is 11.1 Å².